The summed E-state index contributed by atoms with van der Waals surface area (Å²) in [6.07, 6.45) is 0.124. The molecule has 0 saturated carbocycles. The number of aliphatic hydroxyl groups is 1. The lowest BCUT2D eigenvalue weighted by Crippen LogP contribution is -2.36. The minimum atomic E-state index is -1.26. The van der Waals surface area contributed by atoms with Gasteiger partial charge in [-0.05, 0) is 36.4 Å². The van der Waals surface area contributed by atoms with Crippen molar-refractivity contribution in [2.24, 2.45) is 7.05 Å². The topological polar surface area (TPSA) is 93.4 Å². The van der Waals surface area contributed by atoms with Gasteiger partial charge in [-0.2, -0.15) is 5.10 Å². The zero-order valence-electron chi connectivity index (χ0n) is 18.3. The third-order valence-electron chi connectivity index (χ3n) is 5.89. The Morgan fingerprint density at radius 2 is 1.91 bits per heavy atom. The minimum absolute atomic E-state index is 0.0392. The normalized spacial score (nSPS) is 15.0. The van der Waals surface area contributed by atoms with Crippen LogP contribution in [0.4, 0.5) is 10.1 Å². The van der Waals surface area contributed by atoms with E-state index in [2.05, 4.69) is 20.0 Å². The van der Waals surface area contributed by atoms with Gasteiger partial charge in [-0.25, -0.2) is 19.0 Å². The molecule has 0 bridgehead atoms. The van der Waals surface area contributed by atoms with Crippen LogP contribution in [0.3, 0.4) is 0 Å². The Balaban J connectivity index is 1.58. The van der Waals surface area contributed by atoms with Crippen LogP contribution < -0.4 is 10.5 Å². The zero-order valence-corrected chi connectivity index (χ0v) is 19.0. The number of aromatic nitrogens is 4. The highest BCUT2D eigenvalue weighted by molar-refractivity contribution is 6.31. The fourth-order valence-electron chi connectivity index (χ4n) is 4.06. The molecule has 0 radical (unpaired) electrons. The first-order chi connectivity index (χ1) is 16.4. The molecule has 1 N–H and O–H groups in total. The number of anilines is 1. The summed E-state index contributed by atoms with van der Waals surface area (Å²) in [5.41, 5.74) is 2.39. The lowest BCUT2D eigenvalue weighted by Gasteiger charge is -2.29. The van der Waals surface area contributed by atoms with Crippen molar-refractivity contribution < 1.29 is 14.2 Å². The van der Waals surface area contributed by atoms with Crippen molar-refractivity contribution in [1.29, 1.82) is 0 Å². The summed E-state index contributed by atoms with van der Waals surface area (Å²) in [4.78, 5) is 22.6. The SMILES string of the molecule is Cn1nc([C@@H](O)c2cc(-c3ncnc4cc(N5CCOCC5)ccc34)c(F)cc2Cl)ccc1=O. The molecule has 8 nitrogen and oxygen atoms in total. The maximum absolute atomic E-state index is 15.1. The molecule has 1 fully saturated rings. The fraction of sp³-hybridized carbons (Fsp3) is 0.250. The molecule has 3 heterocycles. The van der Waals surface area contributed by atoms with E-state index in [1.165, 1.54) is 31.6 Å². The van der Waals surface area contributed by atoms with Gasteiger partial charge in [-0.3, -0.25) is 4.79 Å². The van der Waals surface area contributed by atoms with Gasteiger partial charge < -0.3 is 14.7 Å². The standard InChI is InChI=1S/C24H21ClFN5O3/c1-30-22(32)5-4-20(29-30)24(33)16-11-17(19(26)12-18(16)25)23-15-3-2-14(10-21(15)27-13-28-23)31-6-8-34-9-7-31/h2-5,10-13,24,33H,6-9H2,1H3/t24-/m0/s1. The van der Waals surface area contributed by atoms with E-state index in [1.807, 2.05) is 18.2 Å². The van der Waals surface area contributed by atoms with Crippen molar-refractivity contribution in [1.82, 2.24) is 19.7 Å². The molecule has 0 spiro atoms. The number of aryl methyl sites for hydroxylation is 1. The first-order valence-electron chi connectivity index (χ1n) is 10.7. The zero-order chi connectivity index (χ0) is 23.8. The van der Waals surface area contributed by atoms with Crippen LogP contribution in [0.1, 0.15) is 17.4 Å². The van der Waals surface area contributed by atoms with Gasteiger partial charge >= 0.3 is 0 Å². The molecule has 1 atom stereocenters. The van der Waals surface area contributed by atoms with Gasteiger partial charge in [0.1, 0.15) is 18.2 Å². The smallest absolute Gasteiger partial charge is 0.266 e. The van der Waals surface area contributed by atoms with Crippen molar-refractivity contribution in [3.63, 3.8) is 0 Å². The van der Waals surface area contributed by atoms with Gasteiger partial charge in [0.15, 0.2) is 0 Å². The van der Waals surface area contributed by atoms with E-state index in [1.54, 1.807) is 0 Å². The monoisotopic (exact) mass is 481 g/mol. The molecule has 0 unspecified atom stereocenters. The maximum atomic E-state index is 15.1. The van der Waals surface area contributed by atoms with Gasteiger partial charge in [0.25, 0.3) is 5.56 Å². The number of fused-ring (bicyclic) bond motifs is 1. The summed E-state index contributed by atoms with van der Waals surface area (Å²) in [5, 5.41) is 15.7. The summed E-state index contributed by atoms with van der Waals surface area (Å²) >= 11 is 6.29. The van der Waals surface area contributed by atoms with Gasteiger partial charge in [0.2, 0.25) is 0 Å². The molecular formula is C24H21ClFN5O3. The van der Waals surface area contributed by atoms with Crippen LogP contribution in [-0.2, 0) is 11.8 Å². The van der Waals surface area contributed by atoms with Crippen molar-refractivity contribution in [3.8, 4) is 11.3 Å². The quantitative estimate of drug-likeness (QED) is 0.478. The number of halogens is 2. The van der Waals surface area contributed by atoms with E-state index in [-0.39, 0.29) is 27.4 Å². The third kappa shape index (κ3) is 4.13. The largest absolute Gasteiger partial charge is 0.382 e. The van der Waals surface area contributed by atoms with Crippen LogP contribution in [0, 0.1) is 5.82 Å². The number of rotatable bonds is 4. The number of hydrogen-bond acceptors (Lipinski definition) is 7. The van der Waals surface area contributed by atoms with E-state index >= 15 is 4.39 Å². The average Bonchev–Trinajstić information content (AvgIpc) is 2.85. The fourth-order valence-corrected chi connectivity index (χ4v) is 4.31. The molecule has 2 aromatic carbocycles. The van der Waals surface area contributed by atoms with Crippen LogP contribution in [0.2, 0.25) is 5.02 Å². The summed E-state index contributed by atoms with van der Waals surface area (Å²) in [5.74, 6) is -0.577. The number of ether oxygens (including phenoxy) is 1. The minimum Gasteiger partial charge on any atom is -0.382 e. The molecule has 2 aromatic heterocycles. The molecule has 0 amide bonds. The van der Waals surface area contributed by atoms with E-state index in [9.17, 15) is 9.90 Å². The van der Waals surface area contributed by atoms with Crippen LogP contribution in [0.5, 0.6) is 0 Å². The number of hydrogen-bond donors (Lipinski definition) is 1. The second-order valence-corrected chi connectivity index (χ2v) is 8.41. The Morgan fingerprint density at radius 3 is 2.68 bits per heavy atom. The highest BCUT2D eigenvalue weighted by atomic mass is 35.5. The Morgan fingerprint density at radius 1 is 1.12 bits per heavy atom. The molecule has 4 aromatic rings. The van der Waals surface area contributed by atoms with Crippen LogP contribution in [-0.4, -0.2) is 51.2 Å². The van der Waals surface area contributed by atoms with Crippen LogP contribution >= 0.6 is 11.6 Å². The Hall–Kier alpha value is -3.40. The number of nitrogens with zero attached hydrogens (tertiary/aromatic N) is 5. The second kappa shape index (κ2) is 9.09. The number of morpholine rings is 1. The molecule has 34 heavy (non-hydrogen) atoms. The van der Waals surface area contributed by atoms with E-state index < -0.39 is 11.9 Å². The van der Waals surface area contributed by atoms with Crippen LogP contribution in [0.15, 0.2) is 53.6 Å². The Kier molecular flexibility index (Phi) is 5.99. The molecular weight excluding hydrogens is 461 g/mol. The van der Waals surface area contributed by atoms with Crippen molar-refractivity contribution in [2.75, 3.05) is 31.2 Å². The number of aliphatic hydroxyl groups excluding tert-OH is 1. The summed E-state index contributed by atoms with van der Waals surface area (Å²) in [7, 11) is 1.48. The van der Waals surface area contributed by atoms with E-state index in [4.69, 9.17) is 16.3 Å². The molecule has 0 aliphatic carbocycles. The Bertz CT molecular complexity index is 1440. The van der Waals surface area contributed by atoms with Gasteiger partial charge in [0, 0.05) is 53.4 Å². The van der Waals surface area contributed by atoms with Gasteiger partial charge in [-0.15, -0.1) is 0 Å². The highest BCUT2D eigenvalue weighted by Crippen LogP contribution is 2.36. The molecule has 10 heteroatoms. The van der Waals surface area contributed by atoms with Crippen molar-refractivity contribution in [2.45, 2.75) is 6.10 Å². The van der Waals surface area contributed by atoms with Crippen molar-refractivity contribution >= 4 is 28.2 Å². The molecule has 1 aliphatic heterocycles. The second-order valence-electron chi connectivity index (χ2n) is 8.00. The van der Waals surface area contributed by atoms with Crippen molar-refractivity contribution in [3.05, 3.63) is 81.2 Å². The first kappa shape index (κ1) is 22.4. The summed E-state index contributed by atoms with van der Waals surface area (Å²) in [6, 6.07) is 11.1. The number of benzene rings is 2. The van der Waals surface area contributed by atoms with E-state index in [0.717, 1.165) is 29.5 Å². The highest BCUT2D eigenvalue weighted by Gasteiger charge is 2.22. The lowest BCUT2D eigenvalue weighted by atomic mass is 9.99. The Labute approximate surface area is 199 Å². The lowest BCUT2D eigenvalue weighted by molar-refractivity contribution is 0.122. The predicted octanol–water partition coefficient (Wildman–Crippen LogP) is 3.10. The van der Waals surface area contributed by atoms with Gasteiger partial charge in [-0.1, -0.05) is 11.6 Å². The maximum Gasteiger partial charge on any atom is 0.266 e. The molecule has 5 rings (SSSR count). The summed E-state index contributed by atoms with van der Waals surface area (Å²) in [6.45, 7) is 2.91. The van der Waals surface area contributed by atoms with Gasteiger partial charge in [0.05, 0.1) is 30.1 Å². The van der Waals surface area contributed by atoms with E-state index in [0.29, 0.717) is 29.8 Å². The predicted molar refractivity (Wildman–Crippen MR) is 127 cm³/mol. The summed E-state index contributed by atoms with van der Waals surface area (Å²) < 4.78 is 21.6. The third-order valence-corrected chi connectivity index (χ3v) is 6.22. The molecule has 1 saturated heterocycles. The van der Waals surface area contributed by atoms with Crippen LogP contribution in [0.25, 0.3) is 22.2 Å². The average molecular weight is 482 g/mol. The molecule has 1 aliphatic rings. The molecule has 174 valence electrons. The first-order valence-corrected chi connectivity index (χ1v) is 11.1.